The summed E-state index contributed by atoms with van der Waals surface area (Å²) in [6.07, 6.45) is 9.22. The molecule has 4 heteroatoms. The van der Waals surface area contributed by atoms with Crippen LogP contribution in [-0.4, -0.2) is 46.3 Å². The van der Waals surface area contributed by atoms with E-state index in [9.17, 15) is 0 Å². The average molecular weight is 332 g/mol. The second-order valence-electron chi connectivity index (χ2n) is 6.36. The maximum Gasteiger partial charge on any atom is 0.334 e. The molecule has 0 aliphatic heterocycles. The van der Waals surface area contributed by atoms with Gasteiger partial charge in [-0.15, -0.1) is 0 Å². The van der Waals surface area contributed by atoms with Crippen LogP contribution in [0.25, 0.3) is 0 Å². The van der Waals surface area contributed by atoms with Crippen molar-refractivity contribution in [2.75, 3.05) is 32.8 Å². The molecule has 0 saturated heterocycles. The van der Waals surface area contributed by atoms with Gasteiger partial charge in [0.05, 0.1) is 0 Å². The van der Waals surface area contributed by atoms with Gasteiger partial charge in [0.15, 0.2) is 0 Å². The molecule has 0 heterocycles. The predicted molar refractivity (Wildman–Crippen MR) is 99.8 cm³/mol. The molecule has 3 nitrogen and oxygen atoms in total. The van der Waals surface area contributed by atoms with Gasteiger partial charge in [0, 0.05) is 13.2 Å². The van der Waals surface area contributed by atoms with Crippen LogP contribution in [0.15, 0.2) is 0 Å². The van der Waals surface area contributed by atoms with Gasteiger partial charge in [0.1, 0.15) is 0 Å². The van der Waals surface area contributed by atoms with Crippen molar-refractivity contribution in [1.82, 2.24) is 4.90 Å². The third-order valence-electron chi connectivity index (χ3n) is 4.16. The molecule has 0 aromatic rings. The molecule has 0 rings (SSSR count). The van der Waals surface area contributed by atoms with E-state index in [2.05, 4.69) is 39.1 Å². The van der Waals surface area contributed by atoms with Crippen LogP contribution >= 0.6 is 0 Å². The Kier molecular flexibility index (Phi) is 14.7. The summed E-state index contributed by atoms with van der Waals surface area (Å²) in [5.74, 6) is 0. The van der Waals surface area contributed by atoms with E-state index in [1.165, 1.54) is 64.6 Å². The highest BCUT2D eigenvalue weighted by Crippen LogP contribution is 2.16. The monoisotopic (exact) mass is 331 g/mol. The molecule has 0 fully saturated rings. The summed E-state index contributed by atoms with van der Waals surface area (Å²) in [5, 5.41) is 0. The van der Waals surface area contributed by atoms with Gasteiger partial charge >= 0.3 is 8.56 Å². The molecule has 0 aliphatic rings. The highest BCUT2D eigenvalue weighted by atomic mass is 28.4. The molecule has 0 atom stereocenters. The van der Waals surface area contributed by atoms with Crippen LogP contribution in [-0.2, 0) is 8.85 Å². The molecule has 0 unspecified atom stereocenters. The van der Waals surface area contributed by atoms with Crippen molar-refractivity contribution in [3.8, 4) is 0 Å². The SMILES string of the molecule is CCCCCN(CCCCC)CCC[Si](C)(OCC)OCC. The van der Waals surface area contributed by atoms with E-state index in [0.717, 1.165) is 19.3 Å². The van der Waals surface area contributed by atoms with Crippen LogP contribution in [0.1, 0.15) is 72.6 Å². The Morgan fingerprint density at radius 2 is 1.14 bits per heavy atom. The van der Waals surface area contributed by atoms with Gasteiger partial charge in [-0.05, 0) is 65.3 Å². The molecular formula is C18H41NO2Si. The van der Waals surface area contributed by atoms with E-state index in [0.29, 0.717) is 0 Å². The van der Waals surface area contributed by atoms with Crippen molar-refractivity contribution in [1.29, 1.82) is 0 Å². The topological polar surface area (TPSA) is 21.7 Å². The second kappa shape index (κ2) is 14.7. The van der Waals surface area contributed by atoms with E-state index in [1.807, 2.05) is 0 Å². The molecule has 0 aromatic heterocycles. The minimum atomic E-state index is -1.92. The molecule has 134 valence electrons. The third-order valence-corrected chi connectivity index (χ3v) is 7.22. The fourth-order valence-electron chi connectivity index (χ4n) is 2.93. The van der Waals surface area contributed by atoms with Crippen LogP contribution in [0.2, 0.25) is 12.6 Å². The third kappa shape index (κ3) is 11.6. The van der Waals surface area contributed by atoms with E-state index >= 15 is 0 Å². The number of unbranched alkanes of at least 4 members (excludes halogenated alkanes) is 4. The van der Waals surface area contributed by atoms with Gasteiger partial charge < -0.3 is 13.8 Å². The molecule has 0 saturated carbocycles. The summed E-state index contributed by atoms with van der Waals surface area (Å²) in [6, 6.07) is 1.12. The first-order valence-electron chi connectivity index (χ1n) is 9.62. The molecule has 0 aromatic carbocycles. The van der Waals surface area contributed by atoms with Gasteiger partial charge in [-0.1, -0.05) is 39.5 Å². The Bertz CT molecular complexity index is 223. The van der Waals surface area contributed by atoms with Crippen LogP contribution in [0.5, 0.6) is 0 Å². The summed E-state index contributed by atoms with van der Waals surface area (Å²) < 4.78 is 11.9. The standard InChI is InChI=1S/C18H41NO2Si/c1-6-10-12-15-19(16-13-11-7-2)17-14-18-22(5,20-8-3)21-9-4/h6-18H2,1-5H3. The zero-order chi connectivity index (χ0) is 16.7. The van der Waals surface area contributed by atoms with Gasteiger partial charge in [-0.25, -0.2) is 0 Å². The average Bonchev–Trinajstić information content (AvgIpc) is 2.47. The lowest BCUT2D eigenvalue weighted by Crippen LogP contribution is -2.39. The Morgan fingerprint density at radius 1 is 0.682 bits per heavy atom. The molecule has 0 amide bonds. The van der Waals surface area contributed by atoms with Crippen molar-refractivity contribution >= 4 is 8.56 Å². The van der Waals surface area contributed by atoms with Crippen molar-refractivity contribution in [2.45, 2.75) is 85.2 Å². The first kappa shape index (κ1) is 22.1. The molecule has 0 N–H and O–H groups in total. The number of hydrogen-bond acceptors (Lipinski definition) is 3. The number of nitrogens with zero attached hydrogens (tertiary/aromatic N) is 1. The molecule has 0 radical (unpaired) electrons. The Balaban J connectivity index is 4.15. The fraction of sp³-hybridized carbons (Fsp3) is 1.00. The van der Waals surface area contributed by atoms with Crippen LogP contribution in [0, 0.1) is 0 Å². The van der Waals surface area contributed by atoms with Gasteiger partial charge in [-0.2, -0.15) is 0 Å². The zero-order valence-corrected chi connectivity index (χ0v) is 17.0. The fourth-order valence-corrected chi connectivity index (χ4v) is 5.32. The summed E-state index contributed by atoms with van der Waals surface area (Å²) in [5.41, 5.74) is 0. The smallest absolute Gasteiger partial charge is 0.334 e. The summed E-state index contributed by atoms with van der Waals surface area (Å²) in [7, 11) is -1.92. The van der Waals surface area contributed by atoms with E-state index in [1.54, 1.807) is 0 Å². The largest absolute Gasteiger partial charge is 0.395 e. The highest BCUT2D eigenvalue weighted by molar-refractivity contribution is 6.66. The van der Waals surface area contributed by atoms with Crippen LogP contribution in [0.4, 0.5) is 0 Å². The van der Waals surface area contributed by atoms with Gasteiger partial charge in [0.25, 0.3) is 0 Å². The molecule has 0 bridgehead atoms. The molecular weight excluding hydrogens is 290 g/mol. The minimum Gasteiger partial charge on any atom is -0.395 e. The first-order chi connectivity index (χ1) is 10.6. The lowest BCUT2D eigenvalue weighted by Gasteiger charge is -2.28. The Labute approximate surface area is 141 Å². The van der Waals surface area contributed by atoms with E-state index < -0.39 is 8.56 Å². The Hall–Kier alpha value is 0.0969. The van der Waals surface area contributed by atoms with E-state index in [-0.39, 0.29) is 0 Å². The van der Waals surface area contributed by atoms with Gasteiger partial charge in [-0.3, -0.25) is 0 Å². The van der Waals surface area contributed by atoms with Gasteiger partial charge in [0.2, 0.25) is 0 Å². The maximum atomic E-state index is 5.95. The lowest BCUT2D eigenvalue weighted by atomic mass is 10.2. The van der Waals surface area contributed by atoms with Crippen LogP contribution in [0.3, 0.4) is 0 Å². The molecule has 22 heavy (non-hydrogen) atoms. The number of rotatable bonds is 16. The molecule has 0 spiro atoms. The second-order valence-corrected chi connectivity index (χ2v) is 9.70. The quantitative estimate of drug-likeness (QED) is 0.286. The van der Waals surface area contributed by atoms with Crippen molar-refractivity contribution in [2.24, 2.45) is 0 Å². The minimum absolute atomic E-state index is 0.777. The lowest BCUT2D eigenvalue weighted by molar-refractivity contribution is 0.185. The van der Waals surface area contributed by atoms with E-state index in [4.69, 9.17) is 8.85 Å². The van der Waals surface area contributed by atoms with Crippen molar-refractivity contribution < 1.29 is 8.85 Å². The first-order valence-corrected chi connectivity index (χ1v) is 12.1. The molecule has 0 aliphatic carbocycles. The normalized spacial score (nSPS) is 12.3. The highest BCUT2D eigenvalue weighted by Gasteiger charge is 2.30. The van der Waals surface area contributed by atoms with Crippen LogP contribution < -0.4 is 0 Å². The predicted octanol–water partition coefficient (Wildman–Crippen LogP) is 5.20. The summed E-state index contributed by atoms with van der Waals surface area (Å²) in [6.45, 7) is 16.2. The van der Waals surface area contributed by atoms with Crippen molar-refractivity contribution in [3.63, 3.8) is 0 Å². The van der Waals surface area contributed by atoms with Crippen molar-refractivity contribution in [3.05, 3.63) is 0 Å². The summed E-state index contributed by atoms with van der Waals surface area (Å²) in [4.78, 5) is 2.66. The number of hydrogen-bond donors (Lipinski definition) is 0. The zero-order valence-electron chi connectivity index (χ0n) is 16.0. The summed E-state index contributed by atoms with van der Waals surface area (Å²) >= 11 is 0. The Morgan fingerprint density at radius 3 is 1.55 bits per heavy atom. The maximum absolute atomic E-state index is 5.95.